The van der Waals surface area contributed by atoms with Crippen molar-refractivity contribution in [3.05, 3.63) is 100 Å². The number of halogens is 1. The highest BCUT2D eigenvalue weighted by Crippen LogP contribution is 2.48. The van der Waals surface area contributed by atoms with E-state index in [1.165, 1.54) is 6.92 Å². The van der Waals surface area contributed by atoms with Gasteiger partial charge in [-0.1, -0.05) is 54.1 Å². The van der Waals surface area contributed by atoms with Crippen LogP contribution in [0.1, 0.15) is 42.9 Å². The summed E-state index contributed by atoms with van der Waals surface area (Å²) in [7, 11) is 1.64. The number of amides is 1. The summed E-state index contributed by atoms with van der Waals surface area (Å²) in [6.45, 7) is 1.53. The number of hydrogen-bond donors (Lipinski definition) is 1. The van der Waals surface area contributed by atoms with Crippen molar-refractivity contribution >= 4 is 34.7 Å². The van der Waals surface area contributed by atoms with Gasteiger partial charge in [-0.25, -0.2) is 0 Å². The lowest BCUT2D eigenvalue weighted by Crippen LogP contribution is -2.37. The van der Waals surface area contributed by atoms with Crippen molar-refractivity contribution in [1.29, 1.82) is 0 Å². The van der Waals surface area contributed by atoms with Gasteiger partial charge in [0.15, 0.2) is 5.78 Å². The van der Waals surface area contributed by atoms with Crippen molar-refractivity contribution < 1.29 is 14.3 Å². The summed E-state index contributed by atoms with van der Waals surface area (Å²) in [5.41, 5.74) is 4.77. The number of anilines is 2. The van der Waals surface area contributed by atoms with Crippen LogP contribution < -0.4 is 15.0 Å². The Kier molecular flexibility index (Phi) is 5.88. The maximum absolute atomic E-state index is 13.8. The quantitative estimate of drug-likeness (QED) is 0.488. The fourth-order valence-electron chi connectivity index (χ4n) is 5.04. The van der Waals surface area contributed by atoms with Crippen LogP contribution in [-0.2, 0) is 9.59 Å². The molecule has 0 saturated carbocycles. The van der Waals surface area contributed by atoms with Gasteiger partial charge in [0.1, 0.15) is 5.75 Å². The van der Waals surface area contributed by atoms with E-state index in [4.69, 9.17) is 16.3 Å². The van der Waals surface area contributed by atoms with Crippen LogP contribution in [0.25, 0.3) is 0 Å². The second kappa shape index (κ2) is 8.99. The summed E-state index contributed by atoms with van der Waals surface area (Å²) in [4.78, 5) is 28.5. The Morgan fingerprint density at radius 3 is 2.41 bits per heavy atom. The molecule has 0 radical (unpaired) electrons. The molecule has 0 aromatic heterocycles. The van der Waals surface area contributed by atoms with Crippen LogP contribution in [-0.4, -0.2) is 18.8 Å². The van der Waals surface area contributed by atoms with Crippen LogP contribution in [0.2, 0.25) is 5.02 Å². The molecular weight excluding hydrogens is 448 g/mol. The lowest BCUT2D eigenvalue weighted by molar-refractivity contribution is -0.117. The van der Waals surface area contributed by atoms with Crippen molar-refractivity contribution in [1.82, 2.24) is 0 Å². The summed E-state index contributed by atoms with van der Waals surface area (Å²) in [5.74, 6) is 0.660. The Morgan fingerprint density at radius 1 is 1.00 bits per heavy atom. The summed E-state index contributed by atoms with van der Waals surface area (Å²) in [6.07, 6.45) is 1.00. The summed E-state index contributed by atoms with van der Waals surface area (Å²) in [6, 6.07) is 22.3. The van der Waals surface area contributed by atoms with E-state index in [1.54, 1.807) is 18.1 Å². The number of fused-ring (bicyclic) bond motifs is 1. The van der Waals surface area contributed by atoms with Gasteiger partial charge in [-0.2, -0.15) is 0 Å². The van der Waals surface area contributed by atoms with Gasteiger partial charge in [-0.05, 0) is 53.8 Å². The number of Topliss-reactive ketones (excluding diaryl/α,β-unsaturated/α-hetero) is 1. The number of ketones is 1. The molecule has 1 N–H and O–H groups in total. The molecule has 34 heavy (non-hydrogen) atoms. The molecular formula is C28H25ClN2O3. The van der Waals surface area contributed by atoms with Crippen LogP contribution in [0.3, 0.4) is 0 Å². The van der Waals surface area contributed by atoms with Crippen molar-refractivity contribution in [3.63, 3.8) is 0 Å². The normalized spacial score (nSPS) is 19.6. The van der Waals surface area contributed by atoms with E-state index in [0.717, 1.165) is 33.9 Å². The number of allylic oxidation sites excluding steroid dienone is 1. The largest absolute Gasteiger partial charge is 0.497 e. The first-order valence-electron chi connectivity index (χ1n) is 11.3. The number of hydrogen-bond acceptors (Lipinski definition) is 4. The van der Waals surface area contributed by atoms with E-state index in [2.05, 4.69) is 5.32 Å². The molecule has 3 aromatic carbocycles. The predicted octanol–water partition coefficient (Wildman–Crippen LogP) is 6.27. The molecule has 1 aliphatic carbocycles. The zero-order chi connectivity index (χ0) is 23.8. The summed E-state index contributed by atoms with van der Waals surface area (Å²) in [5, 5.41) is 4.04. The Balaban J connectivity index is 1.68. The monoisotopic (exact) mass is 472 g/mol. The van der Waals surface area contributed by atoms with Crippen LogP contribution in [0, 0.1) is 0 Å². The van der Waals surface area contributed by atoms with Gasteiger partial charge < -0.3 is 10.1 Å². The molecule has 5 nitrogen and oxygen atoms in total. The molecule has 0 unspecified atom stereocenters. The molecule has 2 aliphatic rings. The number of nitrogens with zero attached hydrogens (tertiary/aromatic N) is 1. The first-order chi connectivity index (χ1) is 16.5. The van der Waals surface area contributed by atoms with E-state index >= 15 is 0 Å². The Bertz CT molecular complexity index is 1300. The van der Waals surface area contributed by atoms with Gasteiger partial charge >= 0.3 is 0 Å². The first kappa shape index (κ1) is 22.2. The number of carbonyl (C=O) groups excluding carboxylic acids is 2. The summed E-state index contributed by atoms with van der Waals surface area (Å²) < 4.78 is 5.29. The third kappa shape index (κ3) is 3.86. The summed E-state index contributed by atoms with van der Waals surface area (Å²) >= 11 is 6.64. The van der Waals surface area contributed by atoms with Gasteiger partial charge in [-0.15, -0.1) is 0 Å². The number of para-hydroxylation sites is 2. The Labute approximate surface area is 204 Å². The molecule has 2 atom stereocenters. The lowest BCUT2D eigenvalue weighted by Gasteiger charge is -2.35. The third-order valence-electron chi connectivity index (χ3n) is 6.61. The highest BCUT2D eigenvalue weighted by Gasteiger charge is 2.41. The van der Waals surface area contributed by atoms with Gasteiger partial charge in [-0.3, -0.25) is 14.5 Å². The van der Waals surface area contributed by atoms with Crippen LogP contribution in [0.5, 0.6) is 5.75 Å². The SMILES string of the molecule is COc1ccc([C@H]2CC(=O)C3=C(C2)Nc2ccccc2N(C(C)=O)[C@@H]3c2ccccc2Cl)cc1. The standard InChI is InChI=1S/C28H25ClN2O3/c1-17(32)31-25-10-6-5-9-23(25)30-24-15-19(18-11-13-20(34-2)14-12-18)16-26(33)27(24)28(31)21-7-3-4-8-22(21)29/h3-14,19,28,30H,15-16H2,1-2H3/t19-,28-/m1/s1. The fraction of sp³-hybridized carbons (Fsp3) is 0.214. The average molecular weight is 473 g/mol. The highest BCUT2D eigenvalue weighted by atomic mass is 35.5. The Morgan fingerprint density at radius 2 is 1.71 bits per heavy atom. The number of ether oxygens (including phenoxy) is 1. The van der Waals surface area contributed by atoms with Crippen LogP contribution in [0.15, 0.2) is 84.1 Å². The van der Waals surface area contributed by atoms with Crippen molar-refractivity contribution in [3.8, 4) is 5.75 Å². The van der Waals surface area contributed by atoms with Gasteiger partial charge in [0, 0.05) is 29.6 Å². The number of rotatable bonds is 3. The molecule has 6 heteroatoms. The van der Waals surface area contributed by atoms with Crippen LogP contribution in [0.4, 0.5) is 11.4 Å². The maximum atomic E-state index is 13.8. The number of carbonyl (C=O) groups is 2. The van der Waals surface area contributed by atoms with E-state index in [-0.39, 0.29) is 17.6 Å². The number of nitrogens with one attached hydrogen (secondary N) is 1. The average Bonchev–Trinajstić information content (AvgIpc) is 2.99. The molecule has 1 amide bonds. The second-order valence-electron chi connectivity index (χ2n) is 8.65. The molecule has 1 heterocycles. The molecule has 1 aliphatic heterocycles. The zero-order valence-electron chi connectivity index (χ0n) is 19.0. The fourth-order valence-corrected chi connectivity index (χ4v) is 5.28. The maximum Gasteiger partial charge on any atom is 0.224 e. The van der Waals surface area contributed by atoms with Crippen molar-refractivity contribution in [2.75, 3.05) is 17.3 Å². The van der Waals surface area contributed by atoms with E-state index in [1.807, 2.05) is 66.7 Å². The minimum Gasteiger partial charge on any atom is -0.497 e. The van der Waals surface area contributed by atoms with E-state index < -0.39 is 6.04 Å². The number of benzene rings is 3. The zero-order valence-corrected chi connectivity index (χ0v) is 19.8. The van der Waals surface area contributed by atoms with Gasteiger partial charge in [0.05, 0.1) is 24.5 Å². The van der Waals surface area contributed by atoms with Gasteiger partial charge in [0.25, 0.3) is 0 Å². The molecule has 5 rings (SSSR count). The molecule has 0 fully saturated rings. The smallest absolute Gasteiger partial charge is 0.224 e. The number of methoxy groups -OCH3 is 1. The molecule has 0 spiro atoms. The van der Waals surface area contributed by atoms with Crippen molar-refractivity contribution in [2.24, 2.45) is 0 Å². The molecule has 172 valence electrons. The van der Waals surface area contributed by atoms with Crippen molar-refractivity contribution in [2.45, 2.75) is 31.7 Å². The van der Waals surface area contributed by atoms with E-state index in [0.29, 0.717) is 23.4 Å². The predicted molar refractivity (Wildman–Crippen MR) is 134 cm³/mol. The minimum atomic E-state index is -0.610. The first-order valence-corrected chi connectivity index (χ1v) is 11.7. The van der Waals surface area contributed by atoms with Crippen LogP contribution >= 0.6 is 11.6 Å². The Hall–Kier alpha value is -3.57. The minimum absolute atomic E-state index is 0.0125. The molecule has 0 saturated heterocycles. The third-order valence-corrected chi connectivity index (χ3v) is 6.96. The lowest BCUT2D eigenvalue weighted by atomic mass is 9.78. The molecule has 0 bridgehead atoms. The topological polar surface area (TPSA) is 58.6 Å². The second-order valence-corrected chi connectivity index (χ2v) is 9.06. The van der Waals surface area contributed by atoms with E-state index in [9.17, 15) is 9.59 Å². The highest BCUT2D eigenvalue weighted by molar-refractivity contribution is 6.31. The van der Waals surface area contributed by atoms with Gasteiger partial charge in [0.2, 0.25) is 5.91 Å². The molecule has 3 aromatic rings.